The molecule has 0 aliphatic rings. The highest BCUT2D eigenvalue weighted by Gasteiger charge is 2.23. The van der Waals surface area contributed by atoms with Gasteiger partial charge in [-0.25, -0.2) is 14.3 Å². The van der Waals surface area contributed by atoms with Crippen LogP contribution in [0.2, 0.25) is 0 Å². The van der Waals surface area contributed by atoms with Crippen molar-refractivity contribution in [3.8, 4) is 0 Å². The Labute approximate surface area is 124 Å². The maximum absolute atomic E-state index is 12.3. The largest absolute Gasteiger partial charge is 0.478 e. The second-order valence-corrected chi connectivity index (χ2v) is 5.79. The van der Waals surface area contributed by atoms with Gasteiger partial charge in [-0.1, -0.05) is 12.1 Å². The van der Waals surface area contributed by atoms with Crippen LogP contribution in [0.3, 0.4) is 0 Å². The van der Waals surface area contributed by atoms with E-state index in [1.54, 1.807) is 6.07 Å². The Morgan fingerprint density at radius 3 is 2.73 bits per heavy atom. The van der Waals surface area contributed by atoms with E-state index in [2.05, 4.69) is 19.8 Å². The van der Waals surface area contributed by atoms with Crippen LogP contribution in [0.15, 0.2) is 47.9 Å². The number of nitrogens with one attached hydrogen (secondary N) is 1. The number of sulfonamides is 1. The maximum atomic E-state index is 12.3. The smallest absolute Gasteiger partial charge is 0.337 e. The first-order valence-corrected chi connectivity index (χ1v) is 7.48. The van der Waals surface area contributed by atoms with E-state index in [-0.39, 0.29) is 17.0 Å². The predicted molar refractivity (Wildman–Crippen MR) is 75.0 cm³/mol. The zero-order chi connectivity index (χ0) is 15.7. The minimum absolute atomic E-state index is 0.0678. The number of carboxylic acid groups (broad SMARTS) is 1. The van der Waals surface area contributed by atoms with Crippen LogP contribution in [-0.4, -0.2) is 39.1 Å². The Balaban J connectivity index is 2.02. The molecular weight excluding hydrogens is 310 g/mol. The van der Waals surface area contributed by atoms with Crippen molar-refractivity contribution in [1.29, 1.82) is 0 Å². The van der Waals surface area contributed by atoms with Gasteiger partial charge in [0.05, 0.1) is 11.3 Å². The molecule has 9 nitrogen and oxygen atoms in total. The fraction of sp³-hybridized carbons (Fsp3) is 0. The summed E-state index contributed by atoms with van der Waals surface area (Å²) in [6.07, 6.45) is 2.95. The fourth-order valence-electron chi connectivity index (χ4n) is 1.78. The number of rotatable bonds is 4. The number of anilines is 1. The molecule has 0 bridgehead atoms. The van der Waals surface area contributed by atoms with E-state index < -0.39 is 21.1 Å². The Kier molecular flexibility index (Phi) is 3.22. The molecule has 0 aliphatic carbocycles. The quantitative estimate of drug-likeness (QED) is 0.721. The third-order valence-corrected chi connectivity index (χ3v) is 3.88. The monoisotopic (exact) mass is 319 g/mol. The Morgan fingerprint density at radius 1 is 1.23 bits per heavy atom. The van der Waals surface area contributed by atoms with Crippen molar-refractivity contribution in [2.24, 2.45) is 0 Å². The summed E-state index contributed by atoms with van der Waals surface area (Å²) in [7, 11) is -4.13. The molecule has 2 heterocycles. The normalized spacial score (nSPS) is 11.5. The molecule has 0 spiro atoms. The van der Waals surface area contributed by atoms with Gasteiger partial charge in [0, 0.05) is 12.4 Å². The molecular formula is C12H9N5O4S. The molecule has 22 heavy (non-hydrogen) atoms. The molecule has 0 aliphatic heterocycles. The first-order valence-electron chi connectivity index (χ1n) is 6.00. The zero-order valence-electron chi connectivity index (χ0n) is 10.9. The lowest BCUT2D eigenvalue weighted by molar-refractivity contribution is 0.0698. The summed E-state index contributed by atoms with van der Waals surface area (Å²) in [6, 6.07) is 7.22. The summed E-state index contributed by atoms with van der Waals surface area (Å²) in [5.74, 6) is -1.13. The highest BCUT2D eigenvalue weighted by atomic mass is 32.2. The van der Waals surface area contributed by atoms with Gasteiger partial charge in [0.2, 0.25) is 0 Å². The van der Waals surface area contributed by atoms with Crippen LogP contribution in [0.5, 0.6) is 0 Å². The number of aromatic carboxylic acids is 1. The van der Waals surface area contributed by atoms with E-state index in [1.165, 1.54) is 41.2 Å². The van der Waals surface area contributed by atoms with Gasteiger partial charge in [-0.2, -0.15) is 13.4 Å². The van der Waals surface area contributed by atoms with E-state index >= 15 is 0 Å². The lowest BCUT2D eigenvalue weighted by Gasteiger charge is -2.07. The van der Waals surface area contributed by atoms with Crippen LogP contribution in [0.25, 0.3) is 5.78 Å². The van der Waals surface area contributed by atoms with Crippen molar-refractivity contribution in [2.75, 3.05) is 4.72 Å². The molecule has 10 heteroatoms. The molecule has 0 amide bonds. The average Bonchev–Trinajstić information content (AvgIpc) is 2.92. The molecule has 0 atom stereocenters. The first-order chi connectivity index (χ1) is 10.5. The number of para-hydroxylation sites is 1. The van der Waals surface area contributed by atoms with E-state index in [4.69, 9.17) is 5.11 Å². The number of carbonyl (C=O) groups is 1. The van der Waals surface area contributed by atoms with Crippen molar-refractivity contribution >= 4 is 27.5 Å². The number of carboxylic acids is 1. The second kappa shape index (κ2) is 5.07. The van der Waals surface area contributed by atoms with Gasteiger partial charge < -0.3 is 5.11 Å². The molecule has 2 aromatic heterocycles. The highest BCUT2D eigenvalue weighted by molar-refractivity contribution is 7.92. The summed E-state index contributed by atoms with van der Waals surface area (Å²) >= 11 is 0. The predicted octanol–water partition coefficient (Wildman–Crippen LogP) is 0.623. The van der Waals surface area contributed by atoms with E-state index in [9.17, 15) is 13.2 Å². The molecule has 0 saturated heterocycles. The van der Waals surface area contributed by atoms with Gasteiger partial charge in [-0.05, 0) is 18.2 Å². The summed E-state index contributed by atoms with van der Waals surface area (Å²) in [5, 5.41) is 12.4. The fourth-order valence-corrected chi connectivity index (χ4v) is 2.73. The van der Waals surface area contributed by atoms with Gasteiger partial charge in [0.25, 0.3) is 21.0 Å². The van der Waals surface area contributed by atoms with Gasteiger partial charge in [-0.15, -0.1) is 5.10 Å². The average molecular weight is 319 g/mol. The lowest BCUT2D eigenvalue weighted by atomic mass is 10.2. The number of hydrogen-bond donors (Lipinski definition) is 2. The van der Waals surface area contributed by atoms with E-state index in [0.29, 0.717) is 0 Å². The van der Waals surface area contributed by atoms with Gasteiger partial charge in [-0.3, -0.25) is 4.72 Å². The minimum Gasteiger partial charge on any atom is -0.478 e. The maximum Gasteiger partial charge on any atom is 0.337 e. The SMILES string of the molecule is O=C(O)c1ccccc1NS(=O)(=O)c1nc2ncccn2n1. The van der Waals surface area contributed by atoms with Crippen molar-refractivity contribution in [3.63, 3.8) is 0 Å². The van der Waals surface area contributed by atoms with Crippen molar-refractivity contribution < 1.29 is 18.3 Å². The molecule has 0 saturated carbocycles. The molecule has 0 fully saturated rings. The van der Waals surface area contributed by atoms with Crippen LogP contribution in [0.4, 0.5) is 5.69 Å². The summed E-state index contributed by atoms with van der Waals surface area (Å²) in [5.41, 5.74) is -0.241. The minimum atomic E-state index is -4.13. The molecule has 3 rings (SSSR count). The van der Waals surface area contributed by atoms with Crippen molar-refractivity contribution in [1.82, 2.24) is 19.6 Å². The number of fused-ring (bicyclic) bond motifs is 1. The zero-order valence-corrected chi connectivity index (χ0v) is 11.7. The second-order valence-electron chi connectivity index (χ2n) is 4.21. The lowest BCUT2D eigenvalue weighted by Crippen LogP contribution is -2.17. The number of aromatic nitrogens is 4. The van der Waals surface area contributed by atoms with E-state index in [0.717, 1.165) is 0 Å². The summed E-state index contributed by atoms with van der Waals surface area (Å²) < 4.78 is 27.9. The van der Waals surface area contributed by atoms with Crippen LogP contribution in [-0.2, 0) is 10.0 Å². The third-order valence-electron chi connectivity index (χ3n) is 2.74. The first kappa shape index (κ1) is 13.9. The van der Waals surface area contributed by atoms with E-state index in [1.807, 2.05) is 0 Å². The highest BCUT2D eigenvalue weighted by Crippen LogP contribution is 2.18. The molecule has 0 unspecified atom stereocenters. The van der Waals surface area contributed by atoms with Gasteiger partial charge in [0.1, 0.15) is 0 Å². The van der Waals surface area contributed by atoms with Crippen molar-refractivity contribution in [2.45, 2.75) is 5.16 Å². The topological polar surface area (TPSA) is 127 Å². The Hall–Kier alpha value is -3.01. The van der Waals surface area contributed by atoms with Gasteiger partial charge in [0.15, 0.2) is 0 Å². The van der Waals surface area contributed by atoms with Crippen LogP contribution >= 0.6 is 0 Å². The number of hydrogen-bond acceptors (Lipinski definition) is 6. The number of nitrogens with zero attached hydrogens (tertiary/aromatic N) is 4. The van der Waals surface area contributed by atoms with Crippen molar-refractivity contribution in [3.05, 3.63) is 48.3 Å². The third kappa shape index (κ3) is 2.46. The van der Waals surface area contributed by atoms with Crippen LogP contribution < -0.4 is 4.72 Å². The molecule has 0 radical (unpaired) electrons. The number of benzene rings is 1. The standard InChI is InChI=1S/C12H9N5O4S/c18-10(19)8-4-1-2-5-9(8)16-22(20,21)12-14-11-13-6-3-7-17(11)15-12/h1-7,16H,(H,18,19). The Bertz CT molecular complexity index is 933. The molecule has 3 aromatic rings. The van der Waals surface area contributed by atoms with Crippen LogP contribution in [0.1, 0.15) is 10.4 Å². The Morgan fingerprint density at radius 2 is 2.00 bits per heavy atom. The summed E-state index contributed by atoms with van der Waals surface area (Å²) in [6.45, 7) is 0. The molecule has 1 aromatic carbocycles. The molecule has 2 N–H and O–H groups in total. The van der Waals surface area contributed by atoms with Crippen LogP contribution in [0, 0.1) is 0 Å². The van der Waals surface area contributed by atoms with Gasteiger partial charge >= 0.3 is 5.97 Å². The summed E-state index contributed by atoms with van der Waals surface area (Å²) in [4.78, 5) is 18.8. The molecule has 112 valence electrons.